The summed E-state index contributed by atoms with van der Waals surface area (Å²) in [6.07, 6.45) is 2.19. The molecule has 1 atom stereocenters. The van der Waals surface area contributed by atoms with E-state index in [1.165, 1.54) is 26.9 Å². The van der Waals surface area contributed by atoms with Crippen LogP contribution >= 0.6 is 11.3 Å². The molecule has 2 aliphatic heterocycles. The van der Waals surface area contributed by atoms with Crippen molar-refractivity contribution in [3.63, 3.8) is 0 Å². The first-order chi connectivity index (χ1) is 15.3. The number of amidine groups is 1. The first-order valence-electron chi connectivity index (χ1n) is 10.4. The van der Waals surface area contributed by atoms with Crippen LogP contribution in [0.3, 0.4) is 0 Å². The molecule has 6 nitrogen and oxygen atoms in total. The normalized spacial score (nSPS) is 19.5. The number of amides is 2. The van der Waals surface area contributed by atoms with Crippen molar-refractivity contribution in [2.75, 3.05) is 7.05 Å². The van der Waals surface area contributed by atoms with E-state index < -0.39 is 5.92 Å². The Morgan fingerprint density at radius 3 is 2.72 bits per heavy atom. The Labute approximate surface area is 201 Å². The number of para-hydroxylation sites is 1. The number of benzene rings is 1. The average Bonchev–Trinajstić information content (AvgIpc) is 3.34. The van der Waals surface area contributed by atoms with Gasteiger partial charge >= 0.3 is 196 Å². The quantitative estimate of drug-likeness (QED) is 0.281. The second-order valence-corrected chi connectivity index (χ2v) is 11.0. The molecule has 5 heterocycles. The molecule has 0 N–H and O–H groups in total. The van der Waals surface area contributed by atoms with Gasteiger partial charge in [-0.25, -0.2) is 0 Å². The molecule has 3 aromatic heterocycles. The van der Waals surface area contributed by atoms with Crippen LogP contribution in [0.25, 0.3) is 26.9 Å². The first-order valence-corrected chi connectivity index (χ1v) is 12.4. The third-order valence-corrected chi connectivity index (χ3v) is 8.87. The Balaban J connectivity index is 1.55. The Hall–Kier alpha value is -2.53. The van der Waals surface area contributed by atoms with E-state index in [1.54, 1.807) is 40.7 Å². The molecule has 1 unspecified atom stereocenters. The second kappa shape index (κ2) is 6.74. The van der Waals surface area contributed by atoms with Crippen LogP contribution in [0, 0.1) is 5.92 Å². The standard InChI is InChI=1S/C24H19N4O2STe/c1-24(2)16-8-4-6-13-14-7-5-9-25-19(14)28(18(13)16)22-17(24)11-12(31-22)10-15-20(29)26-23(32)27(3)21(15)30/h4-9,11,15H,10H2,1-3H3. The van der Waals surface area contributed by atoms with Crippen molar-refractivity contribution < 1.29 is 9.59 Å². The van der Waals surface area contributed by atoms with Crippen molar-refractivity contribution in [2.45, 2.75) is 25.7 Å². The van der Waals surface area contributed by atoms with Crippen LogP contribution in [0.2, 0.25) is 0 Å². The molecule has 2 amide bonds. The molecule has 32 heavy (non-hydrogen) atoms. The number of rotatable bonds is 2. The van der Waals surface area contributed by atoms with Crippen molar-refractivity contribution in [2.24, 2.45) is 10.9 Å². The molecule has 0 bridgehead atoms. The molecule has 8 heteroatoms. The Kier molecular flexibility index (Phi) is 4.23. The van der Waals surface area contributed by atoms with Gasteiger partial charge in [0.2, 0.25) is 0 Å². The van der Waals surface area contributed by atoms with Crippen LogP contribution in [-0.2, 0) is 21.4 Å². The van der Waals surface area contributed by atoms with E-state index in [1.807, 2.05) is 12.3 Å². The molecule has 0 spiro atoms. The van der Waals surface area contributed by atoms with Gasteiger partial charge in [0.25, 0.3) is 0 Å². The van der Waals surface area contributed by atoms with Gasteiger partial charge in [-0.2, -0.15) is 0 Å². The molecule has 2 aliphatic rings. The maximum atomic E-state index is 12.8. The zero-order chi connectivity index (χ0) is 22.4. The van der Waals surface area contributed by atoms with Crippen molar-refractivity contribution in [3.05, 3.63) is 58.6 Å². The van der Waals surface area contributed by atoms with Gasteiger partial charge in [-0.1, -0.05) is 0 Å². The van der Waals surface area contributed by atoms with Crippen LogP contribution in [-0.4, -0.2) is 59.5 Å². The number of fused-ring (bicyclic) bond motifs is 5. The van der Waals surface area contributed by atoms with Gasteiger partial charge in [0.15, 0.2) is 0 Å². The van der Waals surface area contributed by atoms with Gasteiger partial charge in [0, 0.05) is 0 Å². The predicted octanol–water partition coefficient (Wildman–Crippen LogP) is 3.56. The number of hydrogen-bond donors (Lipinski definition) is 0. The van der Waals surface area contributed by atoms with E-state index in [0.29, 0.717) is 10.3 Å². The Bertz CT molecular complexity index is 1510. The molecule has 6 rings (SSSR count). The van der Waals surface area contributed by atoms with E-state index in [2.05, 4.69) is 53.7 Å². The summed E-state index contributed by atoms with van der Waals surface area (Å²) in [5.74, 6) is -1.30. The first kappa shape index (κ1) is 20.1. The van der Waals surface area contributed by atoms with Crippen molar-refractivity contribution in [3.8, 4) is 5.00 Å². The van der Waals surface area contributed by atoms with E-state index >= 15 is 0 Å². The summed E-state index contributed by atoms with van der Waals surface area (Å²) < 4.78 is 2.72. The SMILES string of the molecule is CN1C(=O)C(Cc2cc3c(s2)-n2c4ncccc4c4cccc(c42)C3(C)C)C(=O)N=C1[Te]. The minimum atomic E-state index is -0.768. The van der Waals surface area contributed by atoms with Gasteiger partial charge in [-0.05, 0) is 6.07 Å². The fourth-order valence-electron chi connectivity index (χ4n) is 4.94. The number of pyridine rings is 1. The molecule has 0 fully saturated rings. The summed E-state index contributed by atoms with van der Waals surface area (Å²) in [6.45, 7) is 4.48. The minimum absolute atomic E-state index is 0.186. The Morgan fingerprint density at radius 2 is 1.91 bits per heavy atom. The molecule has 0 saturated carbocycles. The zero-order valence-electron chi connectivity index (χ0n) is 17.7. The number of nitrogens with zero attached hydrogens (tertiary/aromatic N) is 4. The van der Waals surface area contributed by atoms with E-state index in [4.69, 9.17) is 4.98 Å². The topological polar surface area (TPSA) is 67.6 Å². The van der Waals surface area contributed by atoms with Gasteiger partial charge < -0.3 is 0 Å². The summed E-state index contributed by atoms with van der Waals surface area (Å²) in [7, 11) is 1.68. The van der Waals surface area contributed by atoms with E-state index in [0.717, 1.165) is 20.9 Å². The molecule has 0 saturated heterocycles. The van der Waals surface area contributed by atoms with Crippen LogP contribution in [0.4, 0.5) is 0 Å². The molecule has 1 aromatic carbocycles. The monoisotopic (exact) mass is 557 g/mol. The van der Waals surface area contributed by atoms with Crippen LogP contribution < -0.4 is 0 Å². The van der Waals surface area contributed by atoms with E-state index in [9.17, 15) is 9.59 Å². The average molecular weight is 555 g/mol. The van der Waals surface area contributed by atoms with Crippen molar-refractivity contribution in [1.29, 1.82) is 0 Å². The number of thiophene rings is 1. The molecule has 159 valence electrons. The van der Waals surface area contributed by atoms with Crippen LogP contribution in [0.1, 0.15) is 29.9 Å². The van der Waals surface area contributed by atoms with Crippen LogP contribution in [0.15, 0.2) is 47.6 Å². The van der Waals surface area contributed by atoms with Gasteiger partial charge in [-0.15, -0.1) is 0 Å². The number of carbonyl (C=O) groups is 2. The van der Waals surface area contributed by atoms with Crippen molar-refractivity contribution >= 4 is 71.3 Å². The zero-order valence-corrected chi connectivity index (χ0v) is 20.9. The molecular formula is C24H19N4O2STe. The molecule has 1 radical (unpaired) electrons. The Morgan fingerprint density at radius 1 is 1.12 bits per heavy atom. The van der Waals surface area contributed by atoms with Gasteiger partial charge in [-0.3, -0.25) is 0 Å². The third kappa shape index (κ3) is 2.57. The second-order valence-electron chi connectivity index (χ2n) is 8.85. The summed E-state index contributed by atoms with van der Waals surface area (Å²) in [5, 5.41) is 3.45. The van der Waals surface area contributed by atoms with Gasteiger partial charge in [0.05, 0.1) is 0 Å². The molecular weight excluding hydrogens is 536 g/mol. The van der Waals surface area contributed by atoms with Crippen LogP contribution in [0.5, 0.6) is 0 Å². The maximum absolute atomic E-state index is 12.8. The predicted molar refractivity (Wildman–Crippen MR) is 127 cm³/mol. The summed E-state index contributed by atoms with van der Waals surface area (Å²) in [6, 6.07) is 12.7. The molecule has 0 aliphatic carbocycles. The third-order valence-electron chi connectivity index (χ3n) is 6.69. The summed E-state index contributed by atoms with van der Waals surface area (Å²) in [5.41, 5.74) is 4.38. The van der Waals surface area contributed by atoms with Crippen molar-refractivity contribution in [1.82, 2.24) is 14.5 Å². The van der Waals surface area contributed by atoms with Gasteiger partial charge in [0.1, 0.15) is 0 Å². The number of aliphatic imine (C=N–C) groups is 1. The molecule has 4 aromatic rings. The fraction of sp³-hybridized carbons (Fsp3) is 0.250. The van der Waals surface area contributed by atoms with E-state index in [-0.39, 0.29) is 17.2 Å². The number of hydrogen-bond acceptors (Lipinski definition) is 4. The summed E-state index contributed by atoms with van der Waals surface area (Å²) in [4.78, 5) is 36.6. The number of carbonyl (C=O) groups excluding carboxylic acids is 2. The number of aromatic nitrogens is 2. The summed E-state index contributed by atoms with van der Waals surface area (Å²) >= 11 is 3.25. The fourth-order valence-corrected chi connectivity index (χ4v) is 6.82.